The van der Waals surface area contributed by atoms with Crippen molar-refractivity contribution < 1.29 is 43.2 Å². The molecule has 1 aromatic carbocycles. The number of nitrogens with two attached hydrogens (primary N) is 1. The number of aryl methyl sites for hydroxylation is 1. The smallest absolute Gasteiger partial charge is 0.410 e. The molecule has 3 heterocycles. The Balaban J connectivity index is 1.29. The van der Waals surface area contributed by atoms with Crippen molar-refractivity contribution in [3.63, 3.8) is 0 Å². The number of ether oxygens (including phenoxy) is 4. The van der Waals surface area contributed by atoms with Gasteiger partial charge in [-0.15, -0.1) is 11.3 Å². The Bertz CT molecular complexity index is 1580. The molecule has 2 aliphatic rings. The molecule has 4 amide bonds. The van der Waals surface area contributed by atoms with Crippen LogP contribution in [0, 0.1) is 17.8 Å². The number of aliphatic hydroxyl groups is 1. The summed E-state index contributed by atoms with van der Waals surface area (Å²) < 4.78 is 22.7. The molecule has 0 spiro atoms. The summed E-state index contributed by atoms with van der Waals surface area (Å²) in [6, 6.07) is 6.01. The molecule has 5 N–H and O–H groups in total. The largest absolute Gasteiger partial charge is 0.444 e. The van der Waals surface area contributed by atoms with E-state index in [1.807, 2.05) is 78.2 Å². The molecular weight excluding hydrogens is 729 g/mol. The van der Waals surface area contributed by atoms with Gasteiger partial charge in [0.25, 0.3) is 0 Å². The lowest BCUT2D eigenvalue weighted by molar-refractivity contribution is -0.144. The fourth-order valence-electron chi connectivity index (χ4n) is 6.50. The Labute approximate surface area is 328 Å². The molecule has 2 aromatic rings. The van der Waals surface area contributed by atoms with Crippen molar-refractivity contribution in [3.05, 3.63) is 41.0 Å². The maximum atomic E-state index is 14.0. The SMILES string of the molecule is Cc1ncsc1-c1ccc(CNC(=O)[C@@H]2C[C@@H](O)CN2C(=O)[C@@H](NC(=O)CCOCC2(COCCOCCN)CN(C(=O)OC(C)(C)C)C2)C(C)(C)C)cc1. The lowest BCUT2D eigenvalue weighted by Gasteiger charge is -2.49. The van der Waals surface area contributed by atoms with Crippen molar-refractivity contribution >= 4 is 35.2 Å². The third kappa shape index (κ3) is 12.9. The van der Waals surface area contributed by atoms with Crippen LogP contribution < -0.4 is 16.4 Å². The summed E-state index contributed by atoms with van der Waals surface area (Å²) in [5.74, 6) is -1.20. The van der Waals surface area contributed by atoms with E-state index in [0.29, 0.717) is 46.1 Å². The van der Waals surface area contributed by atoms with E-state index in [1.165, 1.54) is 4.90 Å². The second-order valence-corrected chi connectivity index (χ2v) is 17.4. The summed E-state index contributed by atoms with van der Waals surface area (Å²) in [6.45, 7) is 16.1. The summed E-state index contributed by atoms with van der Waals surface area (Å²) in [6.07, 6.45) is -1.21. The van der Waals surface area contributed by atoms with Crippen molar-refractivity contribution in [1.82, 2.24) is 25.4 Å². The van der Waals surface area contributed by atoms with E-state index in [2.05, 4.69) is 15.6 Å². The highest BCUT2D eigenvalue weighted by molar-refractivity contribution is 7.13. The Morgan fingerprint density at radius 1 is 1.00 bits per heavy atom. The second kappa shape index (κ2) is 19.5. The van der Waals surface area contributed by atoms with Crippen LogP contribution in [0.2, 0.25) is 0 Å². The lowest BCUT2D eigenvalue weighted by Crippen LogP contribution is -2.63. The molecular formula is C39H60N6O9S. The quantitative estimate of drug-likeness (QED) is 0.162. The molecule has 4 rings (SSSR count). The molecule has 15 nitrogen and oxygen atoms in total. The van der Waals surface area contributed by atoms with Crippen molar-refractivity contribution in [2.75, 3.05) is 65.8 Å². The number of amides is 4. The van der Waals surface area contributed by atoms with Gasteiger partial charge in [0.2, 0.25) is 17.7 Å². The van der Waals surface area contributed by atoms with Crippen molar-refractivity contribution in [1.29, 1.82) is 0 Å². The van der Waals surface area contributed by atoms with Gasteiger partial charge in [0, 0.05) is 45.6 Å². The van der Waals surface area contributed by atoms with E-state index in [9.17, 15) is 24.3 Å². The van der Waals surface area contributed by atoms with Gasteiger partial charge in [0.05, 0.1) is 67.2 Å². The molecule has 1 aromatic heterocycles. The van der Waals surface area contributed by atoms with Gasteiger partial charge in [0.15, 0.2) is 0 Å². The van der Waals surface area contributed by atoms with Gasteiger partial charge >= 0.3 is 6.09 Å². The van der Waals surface area contributed by atoms with Gasteiger partial charge in [-0.3, -0.25) is 14.4 Å². The molecule has 0 unspecified atom stereocenters. The molecule has 2 saturated heterocycles. The van der Waals surface area contributed by atoms with E-state index >= 15 is 0 Å². The van der Waals surface area contributed by atoms with Crippen LogP contribution in [0.4, 0.5) is 4.79 Å². The summed E-state index contributed by atoms with van der Waals surface area (Å²) >= 11 is 1.57. The Morgan fingerprint density at radius 2 is 1.65 bits per heavy atom. The van der Waals surface area contributed by atoms with Crippen LogP contribution in [-0.2, 0) is 39.9 Å². The Hall–Kier alpha value is -3.67. The normalized spacial score (nSPS) is 18.8. The summed E-state index contributed by atoms with van der Waals surface area (Å²) in [4.78, 5) is 61.7. The molecule has 306 valence electrons. The molecule has 55 heavy (non-hydrogen) atoms. The second-order valence-electron chi connectivity index (χ2n) is 16.5. The summed E-state index contributed by atoms with van der Waals surface area (Å²) in [5, 5.41) is 16.4. The number of carbonyl (C=O) groups is 4. The first-order valence-corrected chi connectivity index (χ1v) is 19.8. The van der Waals surface area contributed by atoms with Gasteiger partial charge in [-0.1, -0.05) is 45.0 Å². The molecule has 2 fully saturated rings. The highest BCUT2D eigenvalue weighted by Crippen LogP contribution is 2.33. The number of nitrogens with one attached hydrogen (secondary N) is 2. The zero-order valence-corrected chi connectivity index (χ0v) is 34.2. The van der Waals surface area contributed by atoms with Crippen LogP contribution in [0.15, 0.2) is 29.8 Å². The maximum absolute atomic E-state index is 14.0. The molecule has 0 saturated carbocycles. The third-order valence-electron chi connectivity index (χ3n) is 9.34. The summed E-state index contributed by atoms with van der Waals surface area (Å²) in [7, 11) is 0. The number of hydrogen-bond donors (Lipinski definition) is 4. The average molecular weight is 789 g/mol. The molecule has 0 aliphatic carbocycles. The Kier molecular flexibility index (Phi) is 15.6. The van der Waals surface area contributed by atoms with E-state index in [4.69, 9.17) is 24.7 Å². The number of benzene rings is 1. The monoisotopic (exact) mass is 788 g/mol. The minimum Gasteiger partial charge on any atom is -0.444 e. The summed E-state index contributed by atoms with van der Waals surface area (Å²) in [5.41, 5.74) is 8.37. The van der Waals surface area contributed by atoms with Gasteiger partial charge in [0.1, 0.15) is 17.7 Å². The number of nitrogens with zero attached hydrogens (tertiary/aromatic N) is 3. The van der Waals surface area contributed by atoms with Crippen LogP contribution in [0.3, 0.4) is 0 Å². The number of thiazole rings is 1. The number of aliphatic hydroxyl groups excluding tert-OH is 1. The first kappa shape index (κ1) is 44.0. The fraction of sp³-hybridized carbons (Fsp3) is 0.667. The van der Waals surface area contributed by atoms with Gasteiger partial charge in [-0.2, -0.15) is 0 Å². The van der Waals surface area contributed by atoms with Crippen LogP contribution in [0.25, 0.3) is 10.4 Å². The highest BCUT2D eigenvalue weighted by atomic mass is 32.1. The molecule has 0 radical (unpaired) electrons. The molecule has 2 aliphatic heterocycles. The van der Waals surface area contributed by atoms with Crippen LogP contribution in [0.1, 0.15) is 65.6 Å². The first-order valence-electron chi connectivity index (χ1n) is 18.9. The van der Waals surface area contributed by atoms with E-state index in [1.54, 1.807) is 16.2 Å². The Morgan fingerprint density at radius 3 is 2.25 bits per heavy atom. The van der Waals surface area contributed by atoms with Crippen LogP contribution in [-0.4, -0.2) is 133 Å². The molecule has 3 atom stereocenters. The topological polar surface area (TPSA) is 195 Å². The number of hydrogen-bond acceptors (Lipinski definition) is 12. The van der Waals surface area contributed by atoms with Gasteiger partial charge < -0.3 is 50.2 Å². The van der Waals surface area contributed by atoms with E-state index < -0.39 is 52.5 Å². The van der Waals surface area contributed by atoms with E-state index in [0.717, 1.165) is 21.7 Å². The predicted octanol–water partition coefficient (Wildman–Crippen LogP) is 2.86. The number of carbonyl (C=O) groups excluding carboxylic acids is 4. The van der Waals surface area contributed by atoms with Crippen molar-refractivity contribution in [3.8, 4) is 10.4 Å². The minimum absolute atomic E-state index is 0.0189. The first-order chi connectivity index (χ1) is 25.9. The number of aromatic nitrogens is 1. The lowest BCUT2D eigenvalue weighted by atomic mass is 9.81. The standard InChI is InChI=1S/C39H60N6O9S/c1-26-32(55-25-42-26)28-10-8-27(9-11-28)19-41-34(48)30-18-29(46)20-45(30)35(49)33(37(2,3)4)43-31(47)12-14-52-23-39(24-53-17-16-51-15-13-40)21-44(22-39)36(50)54-38(5,6)7/h8-11,25,29-30,33,46H,12-24,40H2,1-7H3,(H,41,48)(H,43,47)/t29-,30+,33-/m1/s1. The van der Waals surface area contributed by atoms with Gasteiger partial charge in [-0.05, 0) is 44.2 Å². The van der Waals surface area contributed by atoms with E-state index in [-0.39, 0.29) is 45.1 Å². The van der Waals surface area contributed by atoms with Gasteiger partial charge in [-0.25, -0.2) is 9.78 Å². The molecule has 16 heteroatoms. The van der Waals surface area contributed by atoms with Crippen LogP contribution in [0.5, 0.6) is 0 Å². The van der Waals surface area contributed by atoms with Crippen LogP contribution >= 0.6 is 11.3 Å². The average Bonchev–Trinajstić information content (AvgIpc) is 3.71. The van der Waals surface area contributed by atoms with Crippen molar-refractivity contribution in [2.24, 2.45) is 16.6 Å². The minimum atomic E-state index is -0.960. The zero-order chi connectivity index (χ0) is 40.4. The number of rotatable bonds is 18. The molecule has 0 bridgehead atoms. The maximum Gasteiger partial charge on any atom is 0.410 e. The number of β-amino-alcohol motifs (C(OH)–C–C–N with tert-alkyl or cyclic N) is 1. The number of likely N-dealkylation sites (tertiary alicyclic amines) is 2. The highest BCUT2D eigenvalue weighted by Gasteiger charge is 2.48. The zero-order valence-electron chi connectivity index (χ0n) is 33.4. The van der Waals surface area contributed by atoms with Crippen molar-refractivity contribution in [2.45, 2.75) is 91.6 Å². The predicted molar refractivity (Wildman–Crippen MR) is 208 cm³/mol. The third-order valence-corrected chi connectivity index (χ3v) is 10.3. The fourth-order valence-corrected chi connectivity index (χ4v) is 7.31.